The lowest BCUT2D eigenvalue weighted by Crippen LogP contribution is -2.33. The van der Waals surface area contributed by atoms with E-state index in [1.54, 1.807) is 14.2 Å². The van der Waals surface area contributed by atoms with Crippen LogP contribution in [0.4, 0.5) is 0 Å². The number of carbonyl (C=O) groups excluding carboxylic acids is 1. The van der Waals surface area contributed by atoms with E-state index >= 15 is 0 Å². The lowest BCUT2D eigenvalue weighted by molar-refractivity contribution is -0.126. The van der Waals surface area contributed by atoms with Gasteiger partial charge in [0.25, 0.3) is 0 Å². The molecular weight excluding hydrogens is 306 g/mol. The predicted molar refractivity (Wildman–Crippen MR) is 93.5 cm³/mol. The third kappa shape index (κ3) is 5.13. The number of methoxy groups -OCH3 is 2. The van der Waals surface area contributed by atoms with E-state index in [1.165, 1.54) is 6.42 Å². The highest BCUT2D eigenvalue weighted by molar-refractivity contribution is 5.79. The molecule has 24 heavy (non-hydrogen) atoms. The standard InChI is InChI=1S/C19H29NO4/c1-14(20-19(21)15-7-5-4-6-8-15)16-9-10-17(18(13-16)23-3)24-12-11-22-2/h9-10,13-15H,4-8,11-12H2,1-3H3,(H,20,21)/t14-/m0/s1. The highest BCUT2D eigenvalue weighted by Crippen LogP contribution is 2.31. The molecule has 1 N–H and O–H groups in total. The van der Waals surface area contributed by atoms with Crippen LogP contribution in [0, 0.1) is 5.92 Å². The van der Waals surface area contributed by atoms with Gasteiger partial charge in [0, 0.05) is 13.0 Å². The molecule has 134 valence electrons. The first-order valence-corrected chi connectivity index (χ1v) is 8.75. The summed E-state index contributed by atoms with van der Waals surface area (Å²) in [5.74, 6) is 1.69. The first-order chi connectivity index (χ1) is 11.7. The van der Waals surface area contributed by atoms with E-state index in [2.05, 4.69) is 5.32 Å². The van der Waals surface area contributed by atoms with Crippen molar-refractivity contribution in [2.75, 3.05) is 27.4 Å². The highest BCUT2D eigenvalue weighted by atomic mass is 16.5. The predicted octanol–water partition coefficient (Wildman–Crippen LogP) is 3.48. The van der Waals surface area contributed by atoms with Gasteiger partial charge in [-0.3, -0.25) is 4.79 Å². The summed E-state index contributed by atoms with van der Waals surface area (Å²) in [4.78, 5) is 12.4. The molecule has 0 saturated heterocycles. The number of carbonyl (C=O) groups is 1. The van der Waals surface area contributed by atoms with Crippen LogP contribution in [0.5, 0.6) is 11.5 Å². The normalized spacial score (nSPS) is 16.5. The number of ether oxygens (including phenoxy) is 3. The first kappa shape index (κ1) is 18.6. The van der Waals surface area contributed by atoms with Gasteiger partial charge in [0.05, 0.1) is 19.8 Å². The molecule has 5 heteroatoms. The fraction of sp³-hybridized carbons (Fsp3) is 0.632. The fourth-order valence-electron chi connectivity index (χ4n) is 3.09. The van der Waals surface area contributed by atoms with Crippen molar-refractivity contribution in [1.82, 2.24) is 5.32 Å². The quantitative estimate of drug-likeness (QED) is 0.739. The van der Waals surface area contributed by atoms with Crippen molar-refractivity contribution >= 4 is 5.91 Å². The summed E-state index contributed by atoms with van der Waals surface area (Å²) >= 11 is 0. The lowest BCUT2D eigenvalue weighted by Gasteiger charge is -2.23. The van der Waals surface area contributed by atoms with Gasteiger partial charge in [-0.25, -0.2) is 0 Å². The van der Waals surface area contributed by atoms with Gasteiger partial charge in [-0.1, -0.05) is 25.3 Å². The summed E-state index contributed by atoms with van der Waals surface area (Å²) < 4.78 is 16.0. The monoisotopic (exact) mass is 335 g/mol. The topological polar surface area (TPSA) is 56.8 Å². The molecule has 0 spiro atoms. The maximum atomic E-state index is 12.4. The number of rotatable bonds is 8. The van der Waals surface area contributed by atoms with E-state index < -0.39 is 0 Å². The minimum Gasteiger partial charge on any atom is -0.493 e. The van der Waals surface area contributed by atoms with Crippen molar-refractivity contribution in [3.63, 3.8) is 0 Å². The van der Waals surface area contributed by atoms with E-state index in [1.807, 2.05) is 25.1 Å². The Hall–Kier alpha value is -1.75. The van der Waals surface area contributed by atoms with E-state index in [-0.39, 0.29) is 17.9 Å². The van der Waals surface area contributed by atoms with Gasteiger partial charge in [0.15, 0.2) is 11.5 Å². The first-order valence-electron chi connectivity index (χ1n) is 8.75. The number of benzene rings is 1. The molecule has 2 rings (SSSR count). The zero-order chi connectivity index (χ0) is 17.4. The van der Waals surface area contributed by atoms with Crippen molar-refractivity contribution in [3.8, 4) is 11.5 Å². The molecular formula is C19H29NO4. The second-order valence-electron chi connectivity index (χ2n) is 6.32. The summed E-state index contributed by atoms with van der Waals surface area (Å²) in [7, 11) is 3.26. The third-order valence-electron chi connectivity index (χ3n) is 4.57. The van der Waals surface area contributed by atoms with E-state index in [0.717, 1.165) is 31.2 Å². The van der Waals surface area contributed by atoms with Gasteiger partial charge in [0.2, 0.25) is 5.91 Å². The number of hydrogen-bond donors (Lipinski definition) is 1. The van der Waals surface area contributed by atoms with Crippen molar-refractivity contribution in [1.29, 1.82) is 0 Å². The van der Waals surface area contributed by atoms with Crippen LogP contribution in [-0.4, -0.2) is 33.3 Å². The molecule has 0 aromatic heterocycles. The molecule has 1 aromatic rings. The number of hydrogen-bond acceptors (Lipinski definition) is 4. The van der Waals surface area contributed by atoms with E-state index in [4.69, 9.17) is 14.2 Å². The number of nitrogens with one attached hydrogen (secondary N) is 1. The SMILES string of the molecule is COCCOc1ccc([C@H](C)NC(=O)C2CCCCC2)cc1OC. The van der Waals surface area contributed by atoms with Crippen LogP contribution < -0.4 is 14.8 Å². The molecule has 1 atom stereocenters. The molecule has 1 fully saturated rings. The molecule has 1 aliphatic carbocycles. The zero-order valence-corrected chi connectivity index (χ0v) is 15.0. The van der Waals surface area contributed by atoms with Crippen LogP contribution in [0.25, 0.3) is 0 Å². The maximum Gasteiger partial charge on any atom is 0.223 e. The van der Waals surface area contributed by atoms with Gasteiger partial charge < -0.3 is 19.5 Å². The average molecular weight is 335 g/mol. The van der Waals surface area contributed by atoms with Crippen LogP contribution in [0.15, 0.2) is 18.2 Å². The van der Waals surface area contributed by atoms with Gasteiger partial charge in [0.1, 0.15) is 6.61 Å². The van der Waals surface area contributed by atoms with Crippen molar-refractivity contribution in [2.45, 2.75) is 45.1 Å². The largest absolute Gasteiger partial charge is 0.493 e. The Morgan fingerprint density at radius 3 is 2.58 bits per heavy atom. The van der Waals surface area contributed by atoms with E-state index in [9.17, 15) is 4.79 Å². The van der Waals surface area contributed by atoms with Crippen LogP contribution in [0.2, 0.25) is 0 Å². The Bertz CT molecular complexity index is 526. The Morgan fingerprint density at radius 1 is 1.17 bits per heavy atom. The summed E-state index contributed by atoms with van der Waals surface area (Å²) in [5.41, 5.74) is 1.01. The summed E-state index contributed by atoms with van der Waals surface area (Å²) in [6.07, 6.45) is 5.59. The summed E-state index contributed by atoms with van der Waals surface area (Å²) in [6, 6.07) is 5.72. The second kappa shape index (κ2) is 9.52. The molecule has 0 aliphatic heterocycles. The zero-order valence-electron chi connectivity index (χ0n) is 15.0. The van der Waals surface area contributed by atoms with Crippen molar-refractivity contribution < 1.29 is 19.0 Å². The van der Waals surface area contributed by atoms with Gasteiger partial charge >= 0.3 is 0 Å². The summed E-state index contributed by atoms with van der Waals surface area (Å²) in [6.45, 7) is 3.00. The molecule has 5 nitrogen and oxygen atoms in total. The highest BCUT2D eigenvalue weighted by Gasteiger charge is 2.22. The van der Waals surface area contributed by atoms with Crippen LogP contribution in [0.3, 0.4) is 0 Å². The van der Waals surface area contributed by atoms with Gasteiger partial charge in [-0.05, 0) is 37.5 Å². The third-order valence-corrected chi connectivity index (χ3v) is 4.57. The maximum absolute atomic E-state index is 12.4. The molecule has 1 aromatic carbocycles. The van der Waals surface area contributed by atoms with Gasteiger partial charge in [-0.2, -0.15) is 0 Å². The molecule has 0 radical (unpaired) electrons. The van der Waals surface area contributed by atoms with Crippen LogP contribution in [0.1, 0.15) is 50.6 Å². The van der Waals surface area contributed by atoms with Crippen molar-refractivity contribution in [3.05, 3.63) is 23.8 Å². The van der Waals surface area contributed by atoms with Crippen LogP contribution in [-0.2, 0) is 9.53 Å². The molecule has 0 bridgehead atoms. The Morgan fingerprint density at radius 2 is 1.92 bits per heavy atom. The van der Waals surface area contributed by atoms with Crippen LogP contribution >= 0.6 is 0 Å². The molecule has 0 heterocycles. The Labute approximate surface area is 144 Å². The summed E-state index contributed by atoms with van der Waals surface area (Å²) in [5, 5.41) is 3.13. The smallest absolute Gasteiger partial charge is 0.223 e. The Balaban J connectivity index is 1.97. The molecule has 1 amide bonds. The Kier molecular flexibility index (Phi) is 7.37. The second-order valence-corrected chi connectivity index (χ2v) is 6.32. The minimum absolute atomic E-state index is 0.0543. The number of amides is 1. The van der Waals surface area contributed by atoms with Crippen molar-refractivity contribution in [2.24, 2.45) is 5.92 Å². The van der Waals surface area contributed by atoms with E-state index in [0.29, 0.717) is 24.7 Å². The fourth-order valence-corrected chi connectivity index (χ4v) is 3.09. The molecule has 1 saturated carbocycles. The minimum atomic E-state index is -0.0543. The lowest BCUT2D eigenvalue weighted by atomic mass is 9.88. The molecule has 0 unspecified atom stereocenters. The average Bonchev–Trinajstić information content (AvgIpc) is 2.62. The molecule has 1 aliphatic rings. The van der Waals surface area contributed by atoms with Gasteiger partial charge in [-0.15, -0.1) is 0 Å².